The Labute approximate surface area is 83.2 Å². The van der Waals surface area contributed by atoms with Crippen molar-refractivity contribution in [1.82, 2.24) is 0 Å². The van der Waals surface area contributed by atoms with Crippen LogP contribution in [0.2, 0.25) is 0 Å². The van der Waals surface area contributed by atoms with Crippen molar-refractivity contribution in [2.45, 2.75) is 12.8 Å². The first-order chi connectivity index (χ1) is 6.72. The van der Waals surface area contributed by atoms with Crippen LogP contribution in [0.4, 0.5) is 0 Å². The zero-order valence-electron chi connectivity index (χ0n) is 8.17. The number of benzene rings is 1. The number of ether oxygens (including phenoxy) is 1. The molecule has 0 bridgehead atoms. The van der Waals surface area contributed by atoms with Crippen molar-refractivity contribution in [2.24, 2.45) is 0 Å². The first-order valence-corrected chi connectivity index (χ1v) is 4.62. The first kappa shape index (κ1) is 9.00. The number of methoxy groups -OCH3 is 1. The molecule has 1 aromatic rings. The standard InChI is InChI=1S/C12H12O2/c1-8-3-4-9-5-6-10(14-2)7-11(9)12(8)13/h5-7H,1,3-4H2,2H3. The van der Waals surface area contributed by atoms with Gasteiger partial charge in [-0.3, -0.25) is 4.79 Å². The summed E-state index contributed by atoms with van der Waals surface area (Å²) in [5, 5.41) is 0. The Morgan fingerprint density at radius 3 is 2.86 bits per heavy atom. The van der Waals surface area contributed by atoms with Crippen LogP contribution in [0, 0.1) is 0 Å². The lowest BCUT2D eigenvalue weighted by Gasteiger charge is -2.16. The van der Waals surface area contributed by atoms with Crippen LogP contribution >= 0.6 is 0 Å². The minimum absolute atomic E-state index is 0.0603. The summed E-state index contributed by atoms with van der Waals surface area (Å²) in [5.74, 6) is 0.789. The van der Waals surface area contributed by atoms with E-state index in [1.54, 1.807) is 13.2 Å². The SMILES string of the molecule is C=C1CCc2ccc(OC)cc2C1=O. The van der Waals surface area contributed by atoms with Gasteiger partial charge >= 0.3 is 0 Å². The maximum atomic E-state index is 11.7. The van der Waals surface area contributed by atoms with E-state index in [1.165, 1.54) is 0 Å². The first-order valence-electron chi connectivity index (χ1n) is 4.62. The van der Waals surface area contributed by atoms with Gasteiger partial charge in [-0.1, -0.05) is 12.6 Å². The molecule has 2 heteroatoms. The molecule has 14 heavy (non-hydrogen) atoms. The molecule has 2 nitrogen and oxygen atoms in total. The van der Waals surface area contributed by atoms with E-state index in [2.05, 4.69) is 6.58 Å². The molecule has 0 aromatic heterocycles. The van der Waals surface area contributed by atoms with E-state index in [0.717, 1.165) is 29.7 Å². The van der Waals surface area contributed by atoms with Gasteiger partial charge in [0.15, 0.2) is 5.78 Å². The molecule has 1 aliphatic carbocycles. The van der Waals surface area contributed by atoms with Crippen LogP contribution in [-0.4, -0.2) is 12.9 Å². The minimum Gasteiger partial charge on any atom is -0.497 e. The Morgan fingerprint density at radius 2 is 2.14 bits per heavy atom. The molecule has 0 heterocycles. The monoisotopic (exact) mass is 188 g/mol. The molecule has 2 rings (SSSR count). The summed E-state index contributed by atoms with van der Waals surface area (Å²) in [6.45, 7) is 3.76. The highest BCUT2D eigenvalue weighted by molar-refractivity contribution is 6.10. The highest BCUT2D eigenvalue weighted by Crippen LogP contribution is 2.27. The van der Waals surface area contributed by atoms with Crippen LogP contribution in [0.1, 0.15) is 22.3 Å². The molecule has 0 unspecified atom stereocenters. The van der Waals surface area contributed by atoms with E-state index in [9.17, 15) is 4.79 Å². The molecule has 0 amide bonds. The fourth-order valence-electron chi connectivity index (χ4n) is 1.70. The van der Waals surface area contributed by atoms with Crippen molar-refractivity contribution < 1.29 is 9.53 Å². The van der Waals surface area contributed by atoms with Gasteiger partial charge in [-0.25, -0.2) is 0 Å². The normalized spacial score (nSPS) is 15.2. The number of Topliss-reactive ketones (excluding diaryl/α,β-unsaturated/α-hetero) is 1. The van der Waals surface area contributed by atoms with Gasteiger partial charge in [0.1, 0.15) is 5.75 Å². The number of hydrogen-bond donors (Lipinski definition) is 0. The molecular weight excluding hydrogens is 176 g/mol. The number of hydrogen-bond acceptors (Lipinski definition) is 2. The highest BCUT2D eigenvalue weighted by Gasteiger charge is 2.20. The molecule has 0 saturated heterocycles. The van der Waals surface area contributed by atoms with Gasteiger partial charge in [0, 0.05) is 5.56 Å². The summed E-state index contributed by atoms with van der Waals surface area (Å²) in [7, 11) is 1.60. The smallest absolute Gasteiger partial charge is 0.188 e. The van der Waals surface area contributed by atoms with Crippen LogP contribution < -0.4 is 4.74 Å². The summed E-state index contributed by atoms with van der Waals surface area (Å²) in [4.78, 5) is 11.7. The van der Waals surface area contributed by atoms with E-state index < -0.39 is 0 Å². The third kappa shape index (κ3) is 1.33. The molecular formula is C12H12O2. The zero-order chi connectivity index (χ0) is 10.1. The quantitative estimate of drug-likeness (QED) is 0.632. The Balaban J connectivity index is 2.51. The number of rotatable bonds is 1. The van der Waals surface area contributed by atoms with E-state index in [0.29, 0.717) is 5.57 Å². The Bertz CT molecular complexity index is 405. The van der Waals surface area contributed by atoms with Gasteiger partial charge in [-0.15, -0.1) is 0 Å². The Kier molecular flexibility index (Phi) is 2.12. The third-order valence-electron chi connectivity index (χ3n) is 2.58. The molecule has 0 aliphatic heterocycles. The van der Waals surface area contributed by atoms with E-state index in [-0.39, 0.29) is 5.78 Å². The predicted octanol–water partition coefficient (Wildman–Crippen LogP) is 2.38. The maximum Gasteiger partial charge on any atom is 0.188 e. The summed E-state index contributed by atoms with van der Waals surface area (Å²) in [6.07, 6.45) is 1.68. The third-order valence-corrected chi connectivity index (χ3v) is 2.58. The average molecular weight is 188 g/mol. The van der Waals surface area contributed by atoms with Crippen LogP contribution in [0.3, 0.4) is 0 Å². The van der Waals surface area contributed by atoms with Gasteiger partial charge in [0.05, 0.1) is 7.11 Å². The fraction of sp³-hybridized carbons (Fsp3) is 0.250. The van der Waals surface area contributed by atoms with Crippen molar-refractivity contribution in [3.05, 3.63) is 41.5 Å². The Morgan fingerprint density at radius 1 is 1.36 bits per heavy atom. The molecule has 0 spiro atoms. The number of ketones is 1. The summed E-state index contributed by atoms with van der Waals surface area (Å²) < 4.78 is 5.08. The predicted molar refractivity (Wildman–Crippen MR) is 54.8 cm³/mol. The molecule has 0 N–H and O–H groups in total. The minimum atomic E-state index is 0.0603. The summed E-state index contributed by atoms with van der Waals surface area (Å²) in [5.41, 5.74) is 2.55. The van der Waals surface area contributed by atoms with Crippen molar-refractivity contribution in [2.75, 3.05) is 7.11 Å². The van der Waals surface area contributed by atoms with Crippen molar-refractivity contribution in [1.29, 1.82) is 0 Å². The summed E-state index contributed by atoms with van der Waals surface area (Å²) in [6, 6.07) is 5.64. The highest BCUT2D eigenvalue weighted by atomic mass is 16.5. The van der Waals surface area contributed by atoms with E-state index in [1.807, 2.05) is 12.1 Å². The van der Waals surface area contributed by atoms with Gasteiger partial charge in [0.2, 0.25) is 0 Å². The largest absolute Gasteiger partial charge is 0.497 e. The van der Waals surface area contributed by atoms with Crippen molar-refractivity contribution >= 4 is 5.78 Å². The molecule has 1 aromatic carbocycles. The van der Waals surface area contributed by atoms with Crippen LogP contribution in [0.5, 0.6) is 5.75 Å². The fourth-order valence-corrected chi connectivity index (χ4v) is 1.70. The van der Waals surface area contributed by atoms with Gasteiger partial charge in [-0.2, -0.15) is 0 Å². The molecule has 0 atom stereocenters. The van der Waals surface area contributed by atoms with Crippen LogP contribution in [0.25, 0.3) is 0 Å². The van der Waals surface area contributed by atoms with E-state index in [4.69, 9.17) is 4.74 Å². The number of aryl methyl sites for hydroxylation is 1. The lowest BCUT2D eigenvalue weighted by atomic mass is 9.87. The van der Waals surface area contributed by atoms with Gasteiger partial charge in [-0.05, 0) is 36.1 Å². The maximum absolute atomic E-state index is 11.7. The molecule has 0 fully saturated rings. The number of allylic oxidation sites excluding steroid dienone is 1. The van der Waals surface area contributed by atoms with Gasteiger partial charge < -0.3 is 4.74 Å². The molecule has 0 saturated carbocycles. The summed E-state index contributed by atoms with van der Waals surface area (Å²) >= 11 is 0. The molecule has 1 aliphatic rings. The second-order valence-electron chi connectivity index (χ2n) is 3.46. The molecule has 72 valence electrons. The second-order valence-corrected chi connectivity index (χ2v) is 3.46. The zero-order valence-corrected chi connectivity index (χ0v) is 8.17. The van der Waals surface area contributed by atoms with Crippen LogP contribution in [-0.2, 0) is 6.42 Å². The van der Waals surface area contributed by atoms with Crippen LogP contribution in [0.15, 0.2) is 30.4 Å². The number of carbonyl (C=O) groups is 1. The van der Waals surface area contributed by atoms with E-state index >= 15 is 0 Å². The van der Waals surface area contributed by atoms with Gasteiger partial charge in [0.25, 0.3) is 0 Å². The average Bonchev–Trinajstić information content (AvgIpc) is 2.23. The molecule has 0 radical (unpaired) electrons. The van der Waals surface area contributed by atoms with Crippen molar-refractivity contribution in [3.63, 3.8) is 0 Å². The second kappa shape index (κ2) is 3.29. The Hall–Kier alpha value is -1.57. The lowest BCUT2D eigenvalue weighted by Crippen LogP contribution is -2.13. The number of fused-ring (bicyclic) bond motifs is 1. The topological polar surface area (TPSA) is 26.3 Å². The van der Waals surface area contributed by atoms with Crippen molar-refractivity contribution in [3.8, 4) is 5.75 Å². The number of carbonyl (C=O) groups excluding carboxylic acids is 1. The lowest BCUT2D eigenvalue weighted by molar-refractivity contribution is 0.102.